The number of nitrogens with zero attached hydrogens (tertiary/aromatic N) is 3. The van der Waals surface area contributed by atoms with E-state index in [-0.39, 0.29) is 0 Å². The van der Waals surface area contributed by atoms with Crippen molar-refractivity contribution in [3.8, 4) is 45.3 Å². The summed E-state index contributed by atoms with van der Waals surface area (Å²) in [5.74, 6) is 3.01. The number of aromatic nitrogens is 3. The van der Waals surface area contributed by atoms with Gasteiger partial charge in [0.2, 0.25) is 0 Å². The van der Waals surface area contributed by atoms with Crippen LogP contribution >= 0.6 is 0 Å². The first-order valence-electron chi connectivity index (χ1n) is 19.8. The zero-order valence-electron chi connectivity index (χ0n) is 31.3. The van der Waals surface area contributed by atoms with E-state index in [2.05, 4.69) is 103 Å². The molecule has 0 saturated carbocycles. The van der Waals surface area contributed by atoms with Gasteiger partial charge < -0.3 is 8.83 Å². The molecule has 2 aliphatic carbocycles. The minimum absolute atomic E-state index is 0.648. The van der Waals surface area contributed by atoms with Crippen molar-refractivity contribution < 1.29 is 8.83 Å². The second-order valence-electron chi connectivity index (χ2n) is 14.9. The largest absolute Gasteiger partial charge is 0.460 e. The van der Waals surface area contributed by atoms with Crippen molar-refractivity contribution in [2.75, 3.05) is 0 Å². The van der Waals surface area contributed by atoms with E-state index in [9.17, 15) is 0 Å². The van der Waals surface area contributed by atoms with Crippen LogP contribution in [0, 0.1) is 0 Å². The van der Waals surface area contributed by atoms with E-state index in [1.54, 1.807) is 0 Å². The molecule has 6 aromatic carbocycles. The summed E-state index contributed by atoms with van der Waals surface area (Å²) in [6.07, 6.45) is 11.5. The van der Waals surface area contributed by atoms with E-state index in [1.165, 1.54) is 49.6 Å². The topological polar surface area (TPSA) is 65.0 Å². The molecule has 9 aromatic rings. The van der Waals surface area contributed by atoms with Crippen molar-refractivity contribution in [1.29, 1.82) is 0 Å². The third-order valence-corrected chi connectivity index (χ3v) is 11.2. The highest BCUT2D eigenvalue weighted by Crippen LogP contribution is 2.41. The number of para-hydroxylation sites is 1. The molecule has 5 nitrogen and oxygen atoms in total. The lowest BCUT2D eigenvalue weighted by Crippen LogP contribution is -2.22. The van der Waals surface area contributed by atoms with E-state index in [0.29, 0.717) is 17.5 Å². The monoisotopic (exact) mass is 735 g/mol. The quantitative estimate of drug-likeness (QED) is 0.163. The summed E-state index contributed by atoms with van der Waals surface area (Å²) in [7, 11) is 0. The molecule has 0 aliphatic heterocycles. The zero-order valence-corrected chi connectivity index (χ0v) is 31.3. The van der Waals surface area contributed by atoms with Crippen LogP contribution in [0.2, 0.25) is 0 Å². The maximum Gasteiger partial charge on any atom is 0.164 e. The highest BCUT2D eigenvalue weighted by atomic mass is 16.3. The molecule has 5 heteroatoms. The van der Waals surface area contributed by atoms with E-state index in [4.69, 9.17) is 23.8 Å². The number of benzene rings is 6. The zero-order chi connectivity index (χ0) is 37.7. The Morgan fingerprint density at radius 2 is 1.12 bits per heavy atom. The lowest BCUT2D eigenvalue weighted by Gasteiger charge is -2.17. The molecule has 3 heterocycles. The minimum Gasteiger partial charge on any atom is -0.460 e. The van der Waals surface area contributed by atoms with Crippen molar-refractivity contribution >= 4 is 39.7 Å². The average Bonchev–Trinajstić information content (AvgIpc) is 3.86. The van der Waals surface area contributed by atoms with E-state index in [0.717, 1.165) is 76.5 Å². The summed E-state index contributed by atoms with van der Waals surface area (Å²) < 4.78 is 12.9. The summed E-state index contributed by atoms with van der Waals surface area (Å²) in [4.78, 5) is 15.0. The van der Waals surface area contributed by atoms with Crippen molar-refractivity contribution in [3.05, 3.63) is 190 Å². The molecule has 0 amide bonds. The minimum atomic E-state index is 0.648. The number of hydrogen-bond acceptors (Lipinski definition) is 5. The van der Waals surface area contributed by atoms with Crippen LogP contribution in [0.15, 0.2) is 161 Å². The Hall–Kier alpha value is -7.11. The molecule has 0 bridgehead atoms. The first-order valence-corrected chi connectivity index (χ1v) is 19.8. The Bertz CT molecular complexity index is 3100. The average molecular weight is 736 g/mol. The fourth-order valence-corrected chi connectivity index (χ4v) is 8.61. The third-order valence-electron chi connectivity index (χ3n) is 11.2. The number of aryl methyl sites for hydroxylation is 1. The Morgan fingerprint density at radius 3 is 1.93 bits per heavy atom. The standard InChI is InChI=1S/C52H37N3O2/c1-3-15-35(16-4-1)50-53-51(36-17-5-2-6-18-36)55-52(54-50)37-19-11-14-33(29-37)28-34-30-38(40-22-12-26-46-48(40)42-20-7-9-24-44(42)56-46)32-39(31-34)41-23-13-27-47-49(41)43-21-8-10-25-45(43)57-47/h1-7,9,11,13-25,27,29-32H,8,10,12,26,28H2. The summed E-state index contributed by atoms with van der Waals surface area (Å²) in [6, 6.07) is 50.9. The first-order chi connectivity index (χ1) is 28.2. The van der Waals surface area contributed by atoms with Crippen LogP contribution in [0.1, 0.15) is 47.3 Å². The second-order valence-corrected chi connectivity index (χ2v) is 14.9. The molecular formula is C52H37N3O2. The van der Waals surface area contributed by atoms with Gasteiger partial charge in [0, 0.05) is 44.7 Å². The van der Waals surface area contributed by atoms with Crippen LogP contribution in [0.4, 0.5) is 0 Å². The van der Waals surface area contributed by atoms with Gasteiger partial charge in [0.15, 0.2) is 17.5 Å². The first kappa shape index (κ1) is 33.2. The predicted molar refractivity (Wildman–Crippen MR) is 230 cm³/mol. The number of fused-ring (bicyclic) bond motifs is 6. The van der Waals surface area contributed by atoms with Gasteiger partial charge in [-0.3, -0.25) is 0 Å². The van der Waals surface area contributed by atoms with Gasteiger partial charge in [0.1, 0.15) is 22.3 Å². The van der Waals surface area contributed by atoms with Crippen LogP contribution < -0.4 is 10.6 Å². The maximum atomic E-state index is 6.44. The fraction of sp³-hybridized carbons (Fsp3) is 0.0962. The number of furan rings is 2. The Labute approximate surface area is 330 Å². The Kier molecular flexibility index (Phi) is 8.09. The van der Waals surface area contributed by atoms with Crippen molar-refractivity contribution in [3.63, 3.8) is 0 Å². The molecule has 0 unspecified atom stereocenters. The van der Waals surface area contributed by atoms with E-state index in [1.807, 2.05) is 60.7 Å². The van der Waals surface area contributed by atoms with Crippen LogP contribution in [0.25, 0.3) is 85.0 Å². The predicted octanol–water partition coefficient (Wildman–Crippen LogP) is 11.4. The molecule has 272 valence electrons. The Morgan fingerprint density at radius 1 is 0.474 bits per heavy atom. The van der Waals surface area contributed by atoms with Crippen LogP contribution in [-0.4, -0.2) is 15.0 Å². The van der Waals surface area contributed by atoms with E-state index < -0.39 is 0 Å². The van der Waals surface area contributed by atoms with Gasteiger partial charge in [0.25, 0.3) is 0 Å². The summed E-state index contributed by atoms with van der Waals surface area (Å²) in [6.45, 7) is 0. The molecule has 0 N–H and O–H groups in total. The fourth-order valence-electron chi connectivity index (χ4n) is 8.61. The van der Waals surface area contributed by atoms with Crippen molar-refractivity contribution in [2.45, 2.75) is 32.1 Å². The normalized spacial score (nSPS) is 13.4. The summed E-state index contributed by atoms with van der Waals surface area (Å²) in [5.41, 5.74) is 14.1. The van der Waals surface area contributed by atoms with Crippen LogP contribution in [0.5, 0.6) is 0 Å². The van der Waals surface area contributed by atoms with E-state index >= 15 is 0 Å². The second kappa shape index (κ2) is 13.9. The number of hydrogen-bond donors (Lipinski definition) is 0. The van der Waals surface area contributed by atoms with Crippen molar-refractivity contribution in [2.24, 2.45) is 0 Å². The molecule has 0 fully saturated rings. The molecule has 3 aromatic heterocycles. The van der Waals surface area contributed by atoms with Gasteiger partial charge in [-0.15, -0.1) is 0 Å². The highest BCUT2D eigenvalue weighted by Gasteiger charge is 2.23. The van der Waals surface area contributed by atoms with Crippen molar-refractivity contribution in [1.82, 2.24) is 15.0 Å². The SMILES string of the molecule is C1=C(c2cc(Cc3cccc(-c4nc(-c5ccccc5)nc(-c5ccccc5)n4)c3)cc(-c3cccc4oc5c(c34)=CCCC=5)c2)c2c(oc3ccccc23)CC1. The molecule has 0 atom stereocenters. The lowest BCUT2D eigenvalue weighted by atomic mass is 9.86. The summed E-state index contributed by atoms with van der Waals surface area (Å²) >= 11 is 0. The smallest absolute Gasteiger partial charge is 0.164 e. The van der Waals surface area contributed by atoms with Gasteiger partial charge in [-0.2, -0.15) is 0 Å². The highest BCUT2D eigenvalue weighted by molar-refractivity contribution is 6.00. The van der Waals surface area contributed by atoms with Gasteiger partial charge in [-0.05, 0) is 89.4 Å². The Balaban J connectivity index is 1.05. The van der Waals surface area contributed by atoms with Crippen LogP contribution in [0.3, 0.4) is 0 Å². The molecule has 2 aliphatic rings. The molecule has 0 saturated heterocycles. The van der Waals surface area contributed by atoms with Gasteiger partial charge >= 0.3 is 0 Å². The van der Waals surface area contributed by atoms with Crippen LogP contribution in [-0.2, 0) is 12.8 Å². The molecular weight excluding hydrogens is 699 g/mol. The van der Waals surface area contributed by atoms with Gasteiger partial charge in [-0.1, -0.05) is 133 Å². The van der Waals surface area contributed by atoms with Gasteiger partial charge in [-0.25, -0.2) is 15.0 Å². The molecule has 0 spiro atoms. The molecule has 57 heavy (non-hydrogen) atoms. The molecule has 0 radical (unpaired) electrons. The summed E-state index contributed by atoms with van der Waals surface area (Å²) in [5, 5.41) is 3.55. The molecule has 11 rings (SSSR count). The van der Waals surface area contributed by atoms with Gasteiger partial charge in [0.05, 0.1) is 0 Å². The maximum absolute atomic E-state index is 6.44. The number of allylic oxidation sites excluding steroid dienone is 1. The lowest BCUT2D eigenvalue weighted by molar-refractivity contribution is 0.545. The number of rotatable bonds is 7. The third kappa shape index (κ3) is 6.09.